The van der Waals surface area contributed by atoms with E-state index in [-0.39, 0.29) is 17.2 Å². The summed E-state index contributed by atoms with van der Waals surface area (Å²) in [5, 5.41) is 13.8. The van der Waals surface area contributed by atoms with Gasteiger partial charge in [-0.3, -0.25) is 24.3 Å². The van der Waals surface area contributed by atoms with E-state index in [1.807, 2.05) is 0 Å². The Morgan fingerprint density at radius 1 is 1.03 bits per heavy atom. The lowest BCUT2D eigenvalue weighted by Gasteiger charge is -2.25. The predicted molar refractivity (Wildman–Crippen MR) is 123 cm³/mol. The number of hydrogen-bond acceptors (Lipinski definition) is 6. The van der Waals surface area contributed by atoms with Crippen molar-refractivity contribution in [2.75, 3.05) is 17.3 Å². The molecular weight excluding hydrogens is 422 g/mol. The largest absolute Gasteiger partial charge is 0.507 e. The molecule has 1 aromatic heterocycles. The minimum Gasteiger partial charge on any atom is -0.507 e. The number of aliphatic hydroxyl groups is 1. The number of nitrogens with zero attached hydrogens (tertiary/aromatic N) is 2. The van der Waals surface area contributed by atoms with E-state index >= 15 is 0 Å². The van der Waals surface area contributed by atoms with Crippen molar-refractivity contribution in [2.24, 2.45) is 0 Å². The number of methoxy groups -OCH3 is 1. The Kier molecular flexibility index (Phi) is 5.91. The first-order valence-corrected chi connectivity index (χ1v) is 10.2. The van der Waals surface area contributed by atoms with E-state index in [1.165, 1.54) is 18.9 Å². The second kappa shape index (κ2) is 8.96. The number of hydrogen-bond donors (Lipinski definition) is 2. The SMILES string of the molecule is COc1ccccc1/C(O)=C1/C(=O)C(=O)N(c2ccc(NC(C)=O)cc2)C1c1ccccn1. The number of carbonyl (C=O) groups excluding carboxylic acids is 3. The van der Waals surface area contributed by atoms with Gasteiger partial charge in [-0.1, -0.05) is 18.2 Å². The molecule has 0 spiro atoms. The highest BCUT2D eigenvalue weighted by atomic mass is 16.5. The zero-order chi connectivity index (χ0) is 23.5. The number of Topliss-reactive ketones (excluding diaryl/α,β-unsaturated/α-hetero) is 1. The Morgan fingerprint density at radius 2 is 1.73 bits per heavy atom. The van der Waals surface area contributed by atoms with Gasteiger partial charge >= 0.3 is 0 Å². The molecule has 8 heteroatoms. The number of pyridine rings is 1. The minimum atomic E-state index is -0.956. The average Bonchev–Trinajstić information content (AvgIpc) is 3.10. The first-order valence-electron chi connectivity index (χ1n) is 10.2. The van der Waals surface area contributed by atoms with Crippen molar-refractivity contribution in [2.45, 2.75) is 13.0 Å². The van der Waals surface area contributed by atoms with Gasteiger partial charge < -0.3 is 15.2 Å². The summed E-state index contributed by atoms with van der Waals surface area (Å²) in [5.41, 5.74) is 1.58. The molecule has 1 aliphatic heterocycles. The first-order chi connectivity index (χ1) is 15.9. The molecule has 2 amide bonds. The number of ketones is 1. The van der Waals surface area contributed by atoms with E-state index < -0.39 is 17.7 Å². The Bertz CT molecular complexity index is 1250. The molecule has 2 N–H and O–H groups in total. The fourth-order valence-corrected chi connectivity index (χ4v) is 3.81. The molecule has 4 rings (SSSR count). The number of carbonyl (C=O) groups is 3. The third-order valence-corrected chi connectivity index (χ3v) is 5.24. The number of nitrogens with one attached hydrogen (secondary N) is 1. The number of rotatable bonds is 5. The maximum Gasteiger partial charge on any atom is 0.300 e. The summed E-state index contributed by atoms with van der Waals surface area (Å²) >= 11 is 0. The lowest BCUT2D eigenvalue weighted by atomic mass is 9.97. The molecule has 1 atom stereocenters. The third-order valence-electron chi connectivity index (χ3n) is 5.24. The highest BCUT2D eigenvalue weighted by Gasteiger charge is 2.47. The van der Waals surface area contributed by atoms with Crippen LogP contribution in [-0.4, -0.2) is 34.8 Å². The number of aromatic nitrogens is 1. The third kappa shape index (κ3) is 4.06. The number of amides is 2. The van der Waals surface area contributed by atoms with Crippen LogP contribution in [0.5, 0.6) is 5.75 Å². The van der Waals surface area contributed by atoms with Gasteiger partial charge in [-0.15, -0.1) is 0 Å². The average molecular weight is 443 g/mol. The molecule has 0 radical (unpaired) electrons. The summed E-state index contributed by atoms with van der Waals surface area (Å²) < 4.78 is 5.33. The van der Waals surface area contributed by atoms with Gasteiger partial charge in [0.15, 0.2) is 0 Å². The van der Waals surface area contributed by atoms with E-state index in [0.29, 0.717) is 28.4 Å². The number of anilines is 2. The highest BCUT2D eigenvalue weighted by molar-refractivity contribution is 6.51. The Labute approximate surface area is 190 Å². The van der Waals surface area contributed by atoms with Crippen LogP contribution in [0.2, 0.25) is 0 Å². The van der Waals surface area contributed by atoms with Crippen molar-refractivity contribution in [3.63, 3.8) is 0 Å². The second-order valence-electron chi connectivity index (χ2n) is 7.35. The molecular formula is C25H21N3O5. The van der Waals surface area contributed by atoms with Crippen LogP contribution in [-0.2, 0) is 14.4 Å². The fraction of sp³-hybridized carbons (Fsp3) is 0.120. The van der Waals surface area contributed by atoms with Gasteiger partial charge in [-0.05, 0) is 48.5 Å². The normalized spacial score (nSPS) is 17.2. The summed E-state index contributed by atoms with van der Waals surface area (Å²) in [6, 6.07) is 17.4. The molecule has 33 heavy (non-hydrogen) atoms. The van der Waals surface area contributed by atoms with Gasteiger partial charge in [0.05, 0.1) is 23.9 Å². The van der Waals surface area contributed by atoms with Crippen molar-refractivity contribution in [3.8, 4) is 5.75 Å². The Morgan fingerprint density at radius 3 is 2.36 bits per heavy atom. The molecule has 2 heterocycles. The molecule has 1 fully saturated rings. The monoisotopic (exact) mass is 443 g/mol. The van der Waals surface area contributed by atoms with Crippen LogP contribution in [0.15, 0.2) is 78.5 Å². The summed E-state index contributed by atoms with van der Waals surface area (Å²) in [6.45, 7) is 1.39. The first kappa shape index (κ1) is 21.8. The minimum absolute atomic E-state index is 0.0888. The maximum atomic E-state index is 13.2. The van der Waals surface area contributed by atoms with Gasteiger partial charge in [0, 0.05) is 24.5 Å². The quantitative estimate of drug-likeness (QED) is 0.354. The van der Waals surface area contributed by atoms with Crippen LogP contribution in [0, 0.1) is 0 Å². The van der Waals surface area contributed by atoms with Crippen LogP contribution < -0.4 is 15.0 Å². The van der Waals surface area contributed by atoms with Gasteiger partial charge in [0.1, 0.15) is 17.6 Å². The van der Waals surface area contributed by atoms with E-state index in [1.54, 1.807) is 72.9 Å². The standard InChI is InChI=1S/C25H21N3O5/c1-15(29)27-16-10-12-17(13-11-16)28-22(19-8-5-6-14-26-19)21(24(31)25(28)32)23(30)18-7-3-4-9-20(18)33-2/h3-14,22,30H,1-2H3,(H,27,29)/b23-21-. The van der Waals surface area contributed by atoms with Crippen LogP contribution in [0.1, 0.15) is 24.2 Å². The molecule has 1 aliphatic rings. The topological polar surface area (TPSA) is 109 Å². The number of ether oxygens (including phenoxy) is 1. The lowest BCUT2D eigenvalue weighted by Crippen LogP contribution is -2.29. The Hall–Kier alpha value is -4.46. The van der Waals surface area contributed by atoms with E-state index in [4.69, 9.17) is 4.74 Å². The highest BCUT2D eigenvalue weighted by Crippen LogP contribution is 2.42. The molecule has 1 unspecified atom stereocenters. The summed E-state index contributed by atoms with van der Waals surface area (Å²) in [5.74, 6) is -1.85. The van der Waals surface area contributed by atoms with Gasteiger partial charge in [-0.25, -0.2) is 0 Å². The molecule has 3 aromatic rings. The van der Waals surface area contributed by atoms with Crippen molar-refractivity contribution < 1.29 is 24.2 Å². The van der Waals surface area contributed by atoms with E-state index in [2.05, 4.69) is 10.3 Å². The van der Waals surface area contributed by atoms with E-state index in [9.17, 15) is 19.5 Å². The van der Waals surface area contributed by atoms with Crippen molar-refractivity contribution >= 4 is 34.7 Å². The zero-order valence-corrected chi connectivity index (χ0v) is 18.0. The van der Waals surface area contributed by atoms with Gasteiger partial charge in [0.25, 0.3) is 11.7 Å². The predicted octanol–water partition coefficient (Wildman–Crippen LogP) is 3.67. The summed E-state index contributed by atoms with van der Waals surface area (Å²) in [7, 11) is 1.46. The molecule has 1 saturated heterocycles. The number of aliphatic hydroxyl groups excluding tert-OH is 1. The molecule has 8 nitrogen and oxygen atoms in total. The van der Waals surface area contributed by atoms with Crippen molar-refractivity contribution in [3.05, 3.63) is 89.8 Å². The fourth-order valence-electron chi connectivity index (χ4n) is 3.81. The molecule has 0 saturated carbocycles. The van der Waals surface area contributed by atoms with Crippen LogP contribution in [0.4, 0.5) is 11.4 Å². The number of benzene rings is 2. The molecule has 166 valence electrons. The van der Waals surface area contributed by atoms with Gasteiger partial charge in [0.2, 0.25) is 5.91 Å². The van der Waals surface area contributed by atoms with Crippen LogP contribution in [0.25, 0.3) is 5.76 Å². The Balaban J connectivity index is 1.89. The lowest BCUT2D eigenvalue weighted by molar-refractivity contribution is -0.132. The smallest absolute Gasteiger partial charge is 0.300 e. The van der Waals surface area contributed by atoms with Crippen molar-refractivity contribution in [1.29, 1.82) is 0 Å². The second-order valence-corrected chi connectivity index (χ2v) is 7.35. The van der Waals surface area contributed by atoms with Gasteiger partial charge in [-0.2, -0.15) is 0 Å². The molecule has 0 aliphatic carbocycles. The van der Waals surface area contributed by atoms with Crippen LogP contribution >= 0.6 is 0 Å². The summed E-state index contributed by atoms with van der Waals surface area (Å²) in [4.78, 5) is 43.3. The van der Waals surface area contributed by atoms with Crippen LogP contribution in [0.3, 0.4) is 0 Å². The summed E-state index contributed by atoms with van der Waals surface area (Å²) in [6.07, 6.45) is 1.55. The van der Waals surface area contributed by atoms with Crippen molar-refractivity contribution in [1.82, 2.24) is 4.98 Å². The zero-order valence-electron chi connectivity index (χ0n) is 18.0. The number of para-hydroxylation sites is 1. The molecule has 0 bridgehead atoms. The molecule has 2 aromatic carbocycles. The van der Waals surface area contributed by atoms with E-state index in [0.717, 1.165) is 0 Å². The maximum absolute atomic E-state index is 13.2.